The number of carbonyl (C=O) groups excluding carboxylic acids is 2. The minimum atomic E-state index is -0.142. The largest absolute Gasteiger partial charge is 0.487 e. The van der Waals surface area contributed by atoms with Crippen molar-refractivity contribution in [3.8, 4) is 5.75 Å². The summed E-state index contributed by atoms with van der Waals surface area (Å²) < 4.78 is 5.76. The lowest BCUT2D eigenvalue weighted by Gasteiger charge is -2.33. The highest BCUT2D eigenvalue weighted by atomic mass is 35.5. The number of aryl methyl sites for hydroxylation is 1. The second-order valence-electron chi connectivity index (χ2n) is 6.81. The number of hydrogen-bond acceptors (Lipinski definition) is 3. The van der Waals surface area contributed by atoms with E-state index in [2.05, 4.69) is 5.32 Å². The number of nitrogens with one attached hydrogen (secondary N) is 1. The summed E-state index contributed by atoms with van der Waals surface area (Å²) in [6.45, 7) is 4.83. The quantitative estimate of drug-likeness (QED) is 0.848. The molecule has 3 rings (SSSR count). The topological polar surface area (TPSA) is 58.6 Å². The normalized spacial score (nSPS) is 15.7. The summed E-state index contributed by atoms with van der Waals surface area (Å²) in [5.74, 6) is 0.381. The first-order valence-electron chi connectivity index (χ1n) is 9.01. The third kappa shape index (κ3) is 5.01. The van der Waals surface area contributed by atoms with E-state index in [4.69, 9.17) is 16.3 Å². The Morgan fingerprint density at radius 2 is 1.93 bits per heavy atom. The fourth-order valence-corrected chi connectivity index (χ4v) is 3.16. The van der Waals surface area contributed by atoms with Crippen molar-refractivity contribution in [2.24, 2.45) is 0 Å². The molecule has 1 atom stereocenters. The Morgan fingerprint density at radius 1 is 1.19 bits per heavy atom. The second kappa shape index (κ2) is 8.44. The van der Waals surface area contributed by atoms with Gasteiger partial charge in [-0.1, -0.05) is 41.4 Å². The predicted octanol–water partition coefficient (Wildman–Crippen LogP) is 3.86. The van der Waals surface area contributed by atoms with Gasteiger partial charge in [0.05, 0.1) is 12.2 Å². The average Bonchev–Trinajstić information content (AvgIpc) is 2.65. The van der Waals surface area contributed by atoms with Crippen molar-refractivity contribution < 1.29 is 14.3 Å². The van der Waals surface area contributed by atoms with Crippen LogP contribution in [0.1, 0.15) is 30.9 Å². The van der Waals surface area contributed by atoms with Crippen molar-refractivity contribution in [3.05, 3.63) is 58.6 Å². The number of rotatable bonds is 5. The van der Waals surface area contributed by atoms with E-state index in [1.54, 1.807) is 23.1 Å². The van der Waals surface area contributed by atoms with Gasteiger partial charge in [-0.3, -0.25) is 9.59 Å². The third-order valence-electron chi connectivity index (χ3n) is 4.46. The molecule has 0 fully saturated rings. The number of carbonyl (C=O) groups is 2. The van der Waals surface area contributed by atoms with Crippen molar-refractivity contribution >= 4 is 29.1 Å². The summed E-state index contributed by atoms with van der Waals surface area (Å²) in [6.07, 6.45) is 0.170. The van der Waals surface area contributed by atoms with Crippen LogP contribution in [0.4, 0.5) is 5.69 Å². The number of ether oxygens (including phenoxy) is 1. The molecule has 1 aliphatic rings. The maximum atomic E-state index is 12.7. The number of benzene rings is 2. The molecule has 1 N–H and O–H groups in total. The number of nitrogens with zero attached hydrogens (tertiary/aromatic N) is 1. The minimum Gasteiger partial charge on any atom is -0.487 e. The van der Waals surface area contributed by atoms with Crippen LogP contribution in [-0.4, -0.2) is 24.5 Å². The smallest absolute Gasteiger partial charge is 0.227 e. The van der Waals surface area contributed by atoms with Gasteiger partial charge in [0.25, 0.3) is 0 Å². The molecule has 0 aliphatic carbocycles. The van der Waals surface area contributed by atoms with Crippen LogP contribution in [-0.2, 0) is 16.1 Å². The Morgan fingerprint density at radius 3 is 2.67 bits per heavy atom. The standard InChI is InChI=1S/C21H23ClN2O3/c1-14-3-5-16(6-4-14)12-23-20(25)9-10-21(26)24-13-15(2)27-19-8-7-17(22)11-18(19)24/h3-8,11,15H,9-10,12-13H2,1-2H3,(H,23,25)/t15-/m1/s1. The van der Waals surface area contributed by atoms with E-state index in [-0.39, 0.29) is 30.8 Å². The summed E-state index contributed by atoms with van der Waals surface area (Å²) in [6, 6.07) is 13.2. The summed E-state index contributed by atoms with van der Waals surface area (Å²) in [5.41, 5.74) is 2.87. The Hall–Kier alpha value is -2.53. The number of anilines is 1. The van der Waals surface area contributed by atoms with Crippen LogP contribution in [0.2, 0.25) is 5.02 Å². The maximum absolute atomic E-state index is 12.7. The van der Waals surface area contributed by atoms with Gasteiger partial charge >= 0.3 is 0 Å². The zero-order valence-corrected chi connectivity index (χ0v) is 16.3. The molecule has 0 spiro atoms. The molecule has 2 amide bonds. The second-order valence-corrected chi connectivity index (χ2v) is 7.24. The lowest BCUT2D eigenvalue weighted by Crippen LogP contribution is -2.42. The van der Waals surface area contributed by atoms with Crippen molar-refractivity contribution in [1.82, 2.24) is 5.32 Å². The fraction of sp³-hybridized carbons (Fsp3) is 0.333. The molecule has 0 bridgehead atoms. The zero-order chi connectivity index (χ0) is 19.4. The monoisotopic (exact) mass is 386 g/mol. The van der Waals surface area contributed by atoms with Gasteiger partial charge in [0, 0.05) is 24.4 Å². The van der Waals surface area contributed by atoms with E-state index < -0.39 is 0 Å². The van der Waals surface area contributed by atoms with Crippen molar-refractivity contribution in [3.63, 3.8) is 0 Å². The number of fused-ring (bicyclic) bond motifs is 1. The first-order chi connectivity index (χ1) is 12.9. The molecule has 0 unspecified atom stereocenters. The fourth-order valence-electron chi connectivity index (χ4n) is 3.00. The SMILES string of the molecule is Cc1ccc(CNC(=O)CCC(=O)N2C[C@@H](C)Oc3ccc(Cl)cc32)cc1. The van der Waals surface area contributed by atoms with E-state index in [1.165, 1.54) is 5.56 Å². The van der Waals surface area contributed by atoms with E-state index in [1.807, 2.05) is 38.1 Å². The van der Waals surface area contributed by atoms with E-state index in [0.29, 0.717) is 29.5 Å². The molecule has 1 heterocycles. The van der Waals surface area contributed by atoms with Crippen LogP contribution in [0.25, 0.3) is 0 Å². The molecule has 0 aromatic heterocycles. The van der Waals surface area contributed by atoms with Crippen LogP contribution >= 0.6 is 11.6 Å². The Labute approximate surface area is 164 Å². The molecule has 5 nitrogen and oxygen atoms in total. The number of amides is 2. The molecule has 1 aliphatic heterocycles. The highest BCUT2D eigenvalue weighted by Gasteiger charge is 2.27. The molecule has 2 aromatic rings. The van der Waals surface area contributed by atoms with Crippen molar-refractivity contribution in [2.45, 2.75) is 39.3 Å². The number of hydrogen-bond donors (Lipinski definition) is 1. The molecule has 6 heteroatoms. The minimum absolute atomic E-state index is 0.112. The van der Waals surface area contributed by atoms with Gasteiger partial charge in [0.1, 0.15) is 11.9 Å². The van der Waals surface area contributed by atoms with Crippen LogP contribution < -0.4 is 15.0 Å². The van der Waals surface area contributed by atoms with E-state index in [0.717, 1.165) is 5.56 Å². The molecule has 0 radical (unpaired) electrons. The molecule has 0 saturated carbocycles. The van der Waals surface area contributed by atoms with Gasteiger partial charge in [-0.2, -0.15) is 0 Å². The van der Waals surface area contributed by atoms with Crippen LogP contribution in [0.5, 0.6) is 5.75 Å². The first-order valence-corrected chi connectivity index (χ1v) is 9.39. The van der Waals surface area contributed by atoms with Gasteiger partial charge in [0.15, 0.2) is 0 Å². The summed E-state index contributed by atoms with van der Waals surface area (Å²) in [4.78, 5) is 26.4. The lowest BCUT2D eigenvalue weighted by molar-refractivity contribution is -0.125. The third-order valence-corrected chi connectivity index (χ3v) is 4.69. The van der Waals surface area contributed by atoms with Gasteiger partial charge in [-0.25, -0.2) is 0 Å². The van der Waals surface area contributed by atoms with Crippen LogP contribution in [0.3, 0.4) is 0 Å². The summed E-state index contributed by atoms with van der Waals surface area (Å²) >= 11 is 6.06. The Bertz CT molecular complexity index is 836. The van der Waals surface area contributed by atoms with Gasteiger partial charge in [-0.05, 0) is 37.6 Å². The lowest BCUT2D eigenvalue weighted by atomic mass is 10.1. The van der Waals surface area contributed by atoms with E-state index >= 15 is 0 Å². The molecule has 0 saturated heterocycles. The van der Waals surface area contributed by atoms with Crippen LogP contribution in [0, 0.1) is 6.92 Å². The maximum Gasteiger partial charge on any atom is 0.227 e. The van der Waals surface area contributed by atoms with Crippen molar-refractivity contribution in [2.75, 3.05) is 11.4 Å². The van der Waals surface area contributed by atoms with E-state index in [9.17, 15) is 9.59 Å². The zero-order valence-electron chi connectivity index (χ0n) is 15.5. The van der Waals surface area contributed by atoms with Gasteiger partial charge < -0.3 is 15.0 Å². The van der Waals surface area contributed by atoms with Gasteiger partial charge in [0.2, 0.25) is 11.8 Å². The Kier molecular flexibility index (Phi) is 6.01. The summed E-state index contributed by atoms with van der Waals surface area (Å²) in [7, 11) is 0. The molecular formula is C21H23ClN2O3. The molecule has 142 valence electrons. The molecular weight excluding hydrogens is 364 g/mol. The first kappa shape index (κ1) is 19.2. The molecule has 27 heavy (non-hydrogen) atoms. The van der Waals surface area contributed by atoms with Crippen LogP contribution in [0.15, 0.2) is 42.5 Å². The average molecular weight is 387 g/mol. The Balaban J connectivity index is 1.55. The van der Waals surface area contributed by atoms with Crippen molar-refractivity contribution in [1.29, 1.82) is 0 Å². The number of halogens is 1. The predicted molar refractivity (Wildman–Crippen MR) is 106 cm³/mol. The highest BCUT2D eigenvalue weighted by Crippen LogP contribution is 2.36. The van der Waals surface area contributed by atoms with Gasteiger partial charge in [-0.15, -0.1) is 0 Å². The summed E-state index contributed by atoms with van der Waals surface area (Å²) in [5, 5.41) is 3.40. The molecule has 2 aromatic carbocycles. The highest BCUT2D eigenvalue weighted by molar-refractivity contribution is 6.31.